The second-order valence-electron chi connectivity index (χ2n) is 4.49. The van der Waals surface area contributed by atoms with Gasteiger partial charge in [0.15, 0.2) is 0 Å². The number of para-hydroxylation sites is 1. The molecule has 2 rings (SSSR count). The first-order valence-electron chi connectivity index (χ1n) is 6.46. The third-order valence-corrected chi connectivity index (χ3v) is 3.04. The zero-order chi connectivity index (χ0) is 14.4. The van der Waals surface area contributed by atoms with Crippen molar-refractivity contribution in [3.63, 3.8) is 0 Å². The highest BCUT2D eigenvalue weighted by Crippen LogP contribution is 2.17. The molecule has 0 spiro atoms. The lowest BCUT2D eigenvalue weighted by molar-refractivity contribution is -0.119. The maximum Gasteiger partial charge on any atom is 0.224 e. The summed E-state index contributed by atoms with van der Waals surface area (Å²) >= 11 is 0. The van der Waals surface area contributed by atoms with Crippen LogP contribution in [-0.4, -0.2) is 13.0 Å². The van der Waals surface area contributed by atoms with Gasteiger partial charge >= 0.3 is 0 Å². The molecule has 0 radical (unpaired) electrons. The fourth-order valence-corrected chi connectivity index (χ4v) is 1.91. The number of hydrogen-bond donors (Lipinski definition) is 2. The molecule has 0 saturated carbocycles. The van der Waals surface area contributed by atoms with Crippen LogP contribution in [0.1, 0.15) is 11.1 Å². The van der Waals surface area contributed by atoms with Crippen molar-refractivity contribution in [1.29, 1.82) is 0 Å². The fourth-order valence-electron chi connectivity index (χ4n) is 1.91. The van der Waals surface area contributed by atoms with Crippen molar-refractivity contribution in [1.82, 2.24) is 5.32 Å². The predicted molar refractivity (Wildman–Crippen MR) is 77.9 cm³/mol. The number of nitrogens with one attached hydrogen (secondary N) is 2. The highest BCUT2D eigenvalue weighted by atomic mass is 19.1. The topological polar surface area (TPSA) is 41.1 Å². The molecular weight excluding hydrogens is 255 g/mol. The van der Waals surface area contributed by atoms with Crippen LogP contribution in [-0.2, 0) is 17.8 Å². The maximum absolute atomic E-state index is 12.8. The molecule has 2 N–H and O–H groups in total. The van der Waals surface area contributed by atoms with E-state index in [1.807, 2.05) is 24.3 Å². The molecular formula is C16H17FN2O. The second kappa shape index (κ2) is 6.70. The van der Waals surface area contributed by atoms with E-state index in [0.29, 0.717) is 13.0 Å². The van der Waals surface area contributed by atoms with Gasteiger partial charge in [-0.25, -0.2) is 4.39 Å². The summed E-state index contributed by atoms with van der Waals surface area (Å²) in [4.78, 5) is 11.5. The van der Waals surface area contributed by atoms with Crippen LogP contribution in [0.2, 0.25) is 0 Å². The van der Waals surface area contributed by atoms with Gasteiger partial charge in [-0.15, -0.1) is 0 Å². The van der Waals surface area contributed by atoms with Gasteiger partial charge in [0.25, 0.3) is 0 Å². The zero-order valence-corrected chi connectivity index (χ0v) is 11.3. The van der Waals surface area contributed by atoms with Crippen LogP contribution in [0.25, 0.3) is 0 Å². The summed E-state index contributed by atoms with van der Waals surface area (Å²) in [5, 5.41) is 5.89. The second-order valence-corrected chi connectivity index (χ2v) is 4.49. The third kappa shape index (κ3) is 3.82. The molecule has 104 valence electrons. The van der Waals surface area contributed by atoms with E-state index in [4.69, 9.17) is 0 Å². The Morgan fingerprint density at radius 1 is 1.10 bits per heavy atom. The quantitative estimate of drug-likeness (QED) is 0.878. The minimum atomic E-state index is -0.242. The number of rotatable bonds is 5. The van der Waals surface area contributed by atoms with Gasteiger partial charge in [0, 0.05) is 19.3 Å². The van der Waals surface area contributed by atoms with Crippen LogP contribution in [0, 0.1) is 5.82 Å². The maximum atomic E-state index is 12.8. The molecule has 0 bridgehead atoms. The molecule has 0 saturated heterocycles. The molecule has 0 atom stereocenters. The first-order chi connectivity index (χ1) is 9.69. The van der Waals surface area contributed by atoms with Crippen molar-refractivity contribution >= 4 is 11.6 Å². The molecule has 2 aromatic rings. The van der Waals surface area contributed by atoms with Crippen LogP contribution >= 0.6 is 0 Å². The van der Waals surface area contributed by atoms with Gasteiger partial charge < -0.3 is 10.6 Å². The Hall–Kier alpha value is -2.36. The van der Waals surface area contributed by atoms with Gasteiger partial charge in [-0.05, 0) is 29.3 Å². The van der Waals surface area contributed by atoms with Crippen molar-refractivity contribution in [2.24, 2.45) is 0 Å². The van der Waals surface area contributed by atoms with Crippen molar-refractivity contribution in [3.05, 3.63) is 65.5 Å². The third-order valence-electron chi connectivity index (χ3n) is 3.04. The Labute approximate surface area is 117 Å². The summed E-state index contributed by atoms with van der Waals surface area (Å²) in [5.41, 5.74) is 2.84. The average Bonchev–Trinajstić information content (AvgIpc) is 2.48. The van der Waals surface area contributed by atoms with E-state index in [1.165, 1.54) is 12.1 Å². The van der Waals surface area contributed by atoms with Crippen molar-refractivity contribution in [3.8, 4) is 0 Å². The molecule has 0 unspecified atom stereocenters. The summed E-state index contributed by atoms with van der Waals surface area (Å²) in [6.45, 7) is 0.588. The average molecular weight is 272 g/mol. The Morgan fingerprint density at radius 3 is 2.50 bits per heavy atom. The standard InChI is InChI=1S/C16H17FN2O/c1-18-16(20)10-13-4-2-3-5-15(13)19-11-12-6-8-14(17)9-7-12/h2-9,19H,10-11H2,1H3,(H,18,20). The lowest BCUT2D eigenvalue weighted by atomic mass is 10.1. The van der Waals surface area contributed by atoms with Gasteiger partial charge in [0.2, 0.25) is 5.91 Å². The highest BCUT2D eigenvalue weighted by Gasteiger charge is 2.06. The Morgan fingerprint density at radius 2 is 1.80 bits per heavy atom. The lowest BCUT2D eigenvalue weighted by Crippen LogP contribution is -2.20. The van der Waals surface area contributed by atoms with Crippen molar-refractivity contribution in [2.75, 3.05) is 12.4 Å². The van der Waals surface area contributed by atoms with E-state index < -0.39 is 0 Å². The van der Waals surface area contributed by atoms with E-state index >= 15 is 0 Å². The van der Waals surface area contributed by atoms with E-state index in [2.05, 4.69) is 10.6 Å². The molecule has 0 aliphatic carbocycles. The molecule has 4 heteroatoms. The molecule has 0 aliphatic rings. The SMILES string of the molecule is CNC(=O)Cc1ccccc1NCc1ccc(F)cc1. The van der Waals surface area contributed by atoms with Crippen molar-refractivity contribution in [2.45, 2.75) is 13.0 Å². The summed E-state index contributed by atoms with van der Waals surface area (Å²) in [6.07, 6.45) is 0.336. The molecule has 1 amide bonds. The number of carbonyl (C=O) groups is 1. The molecule has 0 aromatic heterocycles. The largest absolute Gasteiger partial charge is 0.381 e. The first kappa shape index (κ1) is 14.1. The zero-order valence-electron chi connectivity index (χ0n) is 11.3. The van der Waals surface area contributed by atoms with E-state index in [9.17, 15) is 9.18 Å². The molecule has 0 heterocycles. The molecule has 2 aromatic carbocycles. The minimum Gasteiger partial charge on any atom is -0.381 e. The first-order valence-corrected chi connectivity index (χ1v) is 6.46. The van der Waals surface area contributed by atoms with Gasteiger partial charge in [-0.3, -0.25) is 4.79 Å². The number of halogens is 1. The van der Waals surface area contributed by atoms with Crippen LogP contribution in [0.5, 0.6) is 0 Å². The summed E-state index contributed by atoms with van der Waals surface area (Å²) in [7, 11) is 1.62. The number of amides is 1. The predicted octanol–water partition coefficient (Wildman–Crippen LogP) is 2.73. The summed E-state index contributed by atoms with van der Waals surface area (Å²) in [5.74, 6) is -0.269. The normalized spacial score (nSPS) is 10.1. The Balaban J connectivity index is 2.05. The van der Waals surface area contributed by atoms with Crippen LogP contribution < -0.4 is 10.6 Å². The molecule has 20 heavy (non-hydrogen) atoms. The Kier molecular flexibility index (Phi) is 4.71. The minimum absolute atomic E-state index is 0.0268. The van der Waals surface area contributed by atoms with E-state index in [0.717, 1.165) is 16.8 Å². The monoisotopic (exact) mass is 272 g/mol. The van der Waals surface area contributed by atoms with Crippen LogP contribution in [0.4, 0.5) is 10.1 Å². The Bertz CT molecular complexity index is 581. The lowest BCUT2D eigenvalue weighted by Gasteiger charge is -2.11. The smallest absolute Gasteiger partial charge is 0.224 e. The molecule has 3 nitrogen and oxygen atoms in total. The van der Waals surface area contributed by atoms with Crippen molar-refractivity contribution < 1.29 is 9.18 Å². The number of carbonyl (C=O) groups excluding carboxylic acids is 1. The van der Waals surface area contributed by atoms with Crippen LogP contribution in [0.15, 0.2) is 48.5 Å². The number of anilines is 1. The summed E-state index contributed by atoms with van der Waals surface area (Å²) in [6, 6.07) is 14.0. The highest BCUT2D eigenvalue weighted by molar-refractivity contribution is 5.80. The fraction of sp³-hybridized carbons (Fsp3) is 0.188. The van der Waals surface area contributed by atoms with E-state index in [-0.39, 0.29) is 11.7 Å². The number of hydrogen-bond acceptors (Lipinski definition) is 2. The van der Waals surface area contributed by atoms with Crippen LogP contribution in [0.3, 0.4) is 0 Å². The molecule has 0 fully saturated rings. The van der Waals surface area contributed by atoms with Gasteiger partial charge in [-0.2, -0.15) is 0 Å². The summed E-state index contributed by atoms with van der Waals surface area (Å²) < 4.78 is 12.8. The van der Waals surface area contributed by atoms with E-state index in [1.54, 1.807) is 19.2 Å². The number of likely N-dealkylation sites (N-methyl/N-ethyl adjacent to an activating group) is 1. The van der Waals surface area contributed by atoms with Gasteiger partial charge in [0.1, 0.15) is 5.82 Å². The molecule has 0 aliphatic heterocycles. The van der Waals surface area contributed by atoms with Gasteiger partial charge in [-0.1, -0.05) is 30.3 Å². The number of benzene rings is 2. The van der Waals surface area contributed by atoms with Gasteiger partial charge in [0.05, 0.1) is 6.42 Å².